The lowest BCUT2D eigenvalue weighted by Crippen LogP contribution is -2.24. The Kier molecular flexibility index (Phi) is 4.47. The van der Waals surface area contributed by atoms with Gasteiger partial charge in [-0.05, 0) is 17.7 Å². The van der Waals surface area contributed by atoms with Crippen molar-refractivity contribution in [2.45, 2.75) is 19.4 Å². The van der Waals surface area contributed by atoms with E-state index in [4.69, 9.17) is 4.74 Å². The van der Waals surface area contributed by atoms with Crippen molar-refractivity contribution in [1.29, 1.82) is 0 Å². The van der Waals surface area contributed by atoms with Crippen molar-refractivity contribution in [3.8, 4) is 5.75 Å². The first-order valence-corrected chi connectivity index (χ1v) is 7.75. The van der Waals surface area contributed by atoms with E-state index in [0.29, 0.717) is 12.2 Å². The average molecular weight is 339 g/mol. The summed E-state index contributed by atoms with van der Waals surface area (Å²) in [7, 11) is 1.59. The van der Waals surface area contributed by atoms with Crippen LogP contribution >= 0.6 is 0 Å². The molecule has 0 fully saturated rings. The average Bonchev–Trinajstić information content (AvgIpc) is 3.07. The molecule has 0 N–H and O–H groups in total. The number of nitro groups is 1. The number of carbonyl (C=O) groups is 1. The second-order valence-electron chi connectivity index (χ2n) is 5.71. The molecular formula is C18H17N3O4. The number of carbonyl (C=O) groups excluding carboxylic acids is 1. The van der Waals surface area contributed by atoms with E-state index in [1.807, 2.05) is 24.3 Å². The number of methoxy groups -OCH3 is 1. The van der Waals surface area contributed by atoms with Crippen molar-refractivity contribution in [2.24, 2.45) is 5.10 Å². The van der Waals surface area contributed by atoms with Crippen LogP contribution in [0, 0.1) is 10.1 Å². The molecular weight excluding hydrogens is 322 g/mol. The fourth-order valence-electron chi connectivity index (χ4n) is 2.86. The Morgan fingerprint density at radius 3 is 2.60 bits per heavy atom. The monoisotopic (exact) mass is 339 g/mol. The van der Waals surface area contributed by atoms with Crippen molar-refractivity contribution >= 4 is 17.3 Å². The van der Waals surface area contributed by atoms with Gasteiger partial charge < -0.3 is 4.74 Å². The van der Waals surface area contributed by atoms with Crippen LogP contribution < -0.4 is 4.74 Å². The van der Waals surface area contributed by atoms with Crippen LogP contribution in [-0.4, -0.2) is 28.7 Å². The van der Waals surface area contributed by atoms with Gasteiger partial charge in [-0.1, -0.05) is 24.3 Å². The molecule has 7 nitrogen and oxygen atoms in total. The molecule has 0 aromatic heterocycles. The summed E-state index contributed by atoms with van der Waals surface area (Å²) in [6.07, 6.45) is 0.532. The first kappa shape index (κ1) is 16.6. The third-order valence-electron chi connectivity index (χ3n) is 4.12. The number of hydrogen-bond acceptors (Lipinski definition) is 5. The molecule has 25 heavy (non-hydrogen) atoms. The summed E-state index contributed by atoms with van der Waals surface area (Å²) >= 11 is 0. The van der Waals surface area contributed by atoms with Crippen LogP contribution in [0.3, 0.4) is 0 Å². The summed E-state index contributed by atoms with van der Waals surface area (Å²) in [6.45, 7) is 1.45. The standard InChI is InChI=1S/C18H17N3O4/c1-12(22)20-18(13-6-8-15(9-7-13)21(23)24)11-17(19-20)14-4-3-5-16(10-14)25-2/h3-10,18H,11H2,1-2H3/t18-/m0/s1. The van der Waals surface area contributed by atoms with Crippen molar-refractivity contribution in [3.05, 3.63) is 69.8 Å². The molecule has 1 amide bonds. The molecule has 2 aromatic rings. The summed E-state index contributed by atoms with van der Waals surface area (Å²) < 4.78 is 5.24. The van der Waals surface area contributed by atoms with Gasteiger partial charge in [0.1, 0.15) is 5.75 Å². The van der Waals surface area contributed by atoms with Crippen LogP contribution in [0.1, 0.15) is 30.5 Å². The van der Waals surface area contributed by atoms with Gasteiger partial charge in [0.2, 0.25) is 5.91 Å². The van der Waals surface area contributed by atoms with Gasteiger partial charge in [-0.15, -0.1) is 0 Å². The number of amides is 1. The van der Waals surface area contributed by atoms with E-state index < -0.39 is 4.92 Å². The van der Waals surface area contributed by atoms with E-state index in [2.05, 4.69) is 5.10 Å². The predicted molar refractivity (Wildman–Crippen MR) is 92.5 cm³/mol. The Morgan fingerprint density at radius 2 is 2.00 bits per heavy atom. The van der Waals surface area contributed by atoms with Gasteiger partial charge in [0.25, 0.3) is 5.69 Å². The maximum atomic E-state index is 12.0. The lowest BCUT2D eigenvalue weighted by Gasteiger charge is -2.20. The minimum absolute atomic E-state index is 0.0186. The first-order valence-electron chi connectivity index (χ1n) is 7.75. The maximum absolute atomic E-state index is 12.0. The highest BCUT2D eigenvalue weighted by Crippen LogP contribution is 2.34. The minimum Gasteiger partial charge on any atom is -0.497 e. The van der Waals surface area contributed by atoms with Crippen LogP contribution in [0.25, 0.3) is 0 Å². The van der Waals surface area contributed by atoms with Crippen LogP contribution in [0.5, 0.6) is 5.75 Å². The van der Waals surface area contributed by atoms with E-state index in [1.165, 1.54) is 24.1 Å². The molecule has 1 atom stereocenters. The number of rotatable bonds is 4. The molecule has 0 radical (unpaired) electrons. The molecule has 0 saturated heterocycles. The predicted octanol–water partition coefficient (Wildman–Crippen LogP) is 3.30. The molecule has 0 aliphatic carbocycles. The molecule has 0 bridgehead atoms. The number of nitro benzene ring substituents is 1. The summed E-state index contributed by atoms with van der Waals surface area (Å²) in [5.41, 5.74) is 2.49. The number of ether oxygens (including phenoxy) is 1. The van der Waals surface area contributed by atoms with Crippen molar-refractivity contribution in [2.75, 3.05) is 7.11 Å². The largest absolute Gasteiger partial charge is 0.497 e. The van der Waals surface area contributed by atoms with Gasteiger partial charge in [-0.25, -0.2) is 5.01 Å². The van der Waals surface area contributed by atoms with Crippen LogP contribution in [0.15, 0.2) is 53.6 Å². The van der Waals surface area contributed by atoms with E-state index in [-0.39, 0.29) is 17.6 Å². The van der Waals surface area contributed by atoms with Crippen LogP contribution in [-0.2, 0) is 4.79 Å². The van der Waals surface area contributed by atoms with Crippen LogP contribution in [0.2, 0.25) is 0 Å². The molecule has 0 unspecified atom stereocenters. The van der Waals surface area contributed by atoms with E-state index in [9.17, 15) is 14.9 Å². The first-order chi connectivity index (χ1) is 12.0. The second kappa shape index (κ2) is 6.72. The zero-order chi connectivity index (χ0) is 18.0. The van der Waals surface area contributed by atoms with E-state index in [0.717, 1.165) is 16.8 Å². The molecule has 2 aromatic carbocycles. The Labute approximate surface area is 144 Å². The number of benzene rings is 2. The third kappa shape index (κ3) is 3.35. The summed E-state index contributed by atoms with van der Waals surface area (Å²) in [5, 5.41) is 16.7. The Morgan fingerprint density at radius 1 is 1.28 bits per heavy atom. The van der Waals surface area contributed by atoms with Crippen molar-refractivity contribution < 1.29 is 14.5 Å². The topological polar surface area (TPSA) is 85.0 Å². The number of hydrogen-bond donors (Lipinski definition) is 0. The molecule has 3 rings (SSSR count). The van der Waals surface area contributed by atoms with Crippen LogP contribution in [0.4, 0.5) is 5.69 Å². The minimum atomic E-state index is -0.445. The summed E-state index contributed by atoms with van der Waals surface area (Å²) in [6, 6.07) is 13.4. The highest BCUT2D eigenvalue weighted by Gasteiger charge is 2.31. The third-order valence-corrected chi connectivity index (χ3v) is 4.12. The molecule has 7 heteroatoms. The van der Waals surface area contributed by atoms with Crippen molar-refractivity contribution in [3.63, 3.8) is 0 Å². The van der Waals surface area contributed by atoms with E-state index in [1.54, 1.807) is 19.2 Å². The summed E-state index contributed by atoms with van der Waals surface area (Å²) in [4.78, 5) is 22.4. The van der Waals surface area contributed by atoms with Gasteiger partial charge in [-0.2, -0.15) is 5.10 Å². The van der Waals surface area contributed by atoms with Gasteiger partial charge >= 0.3 is 0 Å². The maximum Gasteiger partial charge on any atom is 0.269 e. The van der Waals surface area contributed by atoms with Gasteiger partial charge in [-0.3, -0.25) is 14.9 Å². The smallest absolute Gasteiger partial charge is 0.269 e. The molecule has 0 saturated carbocycles. The van der Waals surface area contributed by atoms with Gasteiger partial charge in [0.05, 0.1) is 23.8 Å². The molecule has 1 aliphatic rings. The molecule has 1 heterocycles. The fraction of sp³-hybridized carbons (Fsp3) is 0.222. The molecule has 128 valence electrons. The lowest BCUT2D eigenvalue weighted by molar-refractivity contribution is -0.384. The summed E-state index contributed by atoms with van der Waals surface area (Å²) in [5.74, 6) is 0.537. The molecule has 1 aliphatic heterocycles. The Bertz CT molecular complexity index is 846. The second-order valence-corrected chi connectivity index (χ2v) is 5.71. The van der Waals surface area contributed by atoms with Gasteiger partial charge in [0, 0.05) is 31.0 Å². The highest BCUT2D eigenvalue weighted by atomic mass is 16.6. The fourth-order valence-corrected chi connectivity index (χ4v) is 2.86. The Balaban J connectivity index is 1.91. The quantitative estimate of drug-likeness (QED) is 0.632. The number of nitrogens with zero attached hydrogens (tertiary/aromatic N) is 3. The van der Waals surface area contributed by atoms with E-state index >= 15 is 0 Å². The van der Waals surface area contributed by atoms with Crippen molar-refractivity contribution in [1.82, 2.24) is 5.01 Å². The lowest BCUT2D eigenvalue weighted by atomic mass is 9.98. The highest BCUT2D eigenvalue weighted by molar-refractivity contribution is 6.03. The number of non-ortho nitro benzene ring substituents is 1. The van der Waals surface area contributed by atoms with Gasteiger partial charge in [0.15, 0.2) is 0 Å². The zero-order valence-electron chi connectivity index (χ0n) is 13.9. The normalized spacial score (nSPS) is 16.5. The SMILES string of the molecule is COc1cccc(C2=NN(C(C)=O)[C@H](c3ccc([N+](=O)[O-])cc3)C2)c1. The zero-order valence-corrected chi connectivity index (χ0v) is 13.9. The molecule has 0 spiro atoms. The number of hydrazone groups is 1. The Hall–Kier alpha value is -3.22.